The number of aromatic nitrogens is 1. The molecule has 0 saturated carbocycles. The molecule has 1 fully saturated rings. The highest BCUT2D eigenvalue weighted by atomic mass is 16.6. The van der Waals surface area contributed by atoms with Gasteiger partial charge in [0.05, 0.1) is 0 Å². The van der Waals surface area contributed by atoms with Crippen LogP contribution in [0.5, 0.6) is 0 Å². The number of likely N-dealkylation sites (tertiary alicyclic amines) is 1. The Balaban J connectivity index is 1.59. The number of anilines is 1. The highest BCUT2D eigenvalue weighted by Crippen LogP contribution is 2.20. The second-order valence-electron chi connectivity index (χ2n) is 6.10. The van der Waals surface area contributed by atoms with Gasteiger partial charge in [-0.25, -0.2) is 9.78 Å². The van der Waals surface area contributed by atoms with Crippen molar-refractivity contribution in [3.63, 3.8) is 0 Å². The molecule has 0 radical (unpaired) electrons. The molecule has 2 aromatic rings. The van der Waals surface area contributed by atoms with E-state index in [2.05, 4.69) is 10.3 Å². The van der Waals surface area contributed by atoms with Gasteiger partial charge < -0.3 is 10.1 Å². The monoisotopic (exact) mass is 339 g/mol. The van der Waals surface area contributed by atoms with E-state index in [1.165, 1.54) is 4.90 Å². The van der Waals surface area contributed by atoms with Crippen LogP contribution in [0.15, 0.2) is 48.7 Å². The Labute approximate surface area is 146 Å². The third kappa shape index (κ3) is 4.35. The first kappa shape index (κ1) is 17.0. The maximum atomic E-state index is 12.5. The molecule has 0 spiro atoms. The molecule has 2 amide bonds. The first-order chi connectivity index (χ1) is 12.1. The number of aryl methyl sites for hydroxylation is 1. The number of nitrogens with zero attached hydrogens (tertiary/aromatic N) is 2. The number of rotatable bonds is 4. The molecule has 1 aliphatic heterocycles. The van der Waals surface area contributed by atoms with Crippen molar-refractivity contribution < 1.29 is 14.3 Å². The van der Waals surface area contributed by atoms with Gasteiger partial charge in [-0.15, -0.1) is 0 Å². The molecule has 1 aromatic heterocycles. The average molecular weight is 339 g/mol. The Morgan fingerprint density at radius 2 is 2.08 bits per heavy atom. The van der Waals surface area contributed by atoms with Gasteiger partial charge in [-0.1, -0.05) is 30.3 Å². The first-order valence-electron chi connectivity index (χ1n) is 8.34. The molecule has 1 aliphatic rings. The lowest BCUT2D eigenvalue weighted by atomic mass is 10.2. The van der Waals surface area contributed by atoms with Crippen LogP contribution in [0.2, 0.25) is 0 Å². The maximum Gasteiger partial charge on any atom is 0.410 e. The van der Waals surface area contributed by atoms with Crippen molar-refractivity contribution in [3.05, 3.63) is 59.8 Å². The Morgan fingerprint density at radius 3 is 2.84 bits per heavy atom. The molecule has 1 saturated heterocycles. The zero-order valence-corrected chi connectivity index (χ0v) is 14.1. The second kappa shape index (κ2) is 7.79. The highest BCUT2D eigenvalue weighted by Gasteiger charge is 2.35. The lowest BCUT2D eigenvalue weighted by molar-refractivity contribution is -0.120. The molecule has 1 N–H and O–H groups in total. The second-order valence-corrected chi connectivity index (χ2v) is 6.10. The van der Waals surface area contributed by atoms with E-state index in [0.29, 0.717) is 18.8 Å². The summed E-state index contributed by atoms with van der Waals surface area (Å²) in [4.78, 5) is 30.5. The fraction of sp³-hybridized carbons (Fsp3) is 0.316. The van der Waals surface area contributed by atoms with Gasteiger partial charge in [0.25, 0.3) is 0 Å². The highest BCUT2D eigenvalue weighted by molar-refractivity contribution is 5.96. The van der Waals surface area contributed by atoms with E-state index in [4.69, 9.17) is 4.74 Å². The normalized spacial score (nSPS) is 16.5. The van der Waals surface area contributed by atoms with Gasteiger partial charge >= 0.3 is 6.09 Å². The number of ether oxygens (including phenoxy) is 1. The summed E-state index contributed by atoms with van der Waals surface area (Å²) in [5, 5.41) is 2.78. The van der Waals surface area contributed by atoms with Crippen molar-refractivity contribution in [1.29, 1.82) is 0 Å². The topological polar surface area (TPSA) is 71.5 Å². The number of carbonyl (C=O) groups is 2. The minimum atomic E-state index is -0.523. The number of pyridine rings is 1. The van der Waals surface area contributed by atoms with Crippen molar-refractivity contribution in [3.8, 4) is 0 Å². The summed E-state index contributed by atoms with van der Waals surface area (Å²) in [6.07, 6.45) is 2.59. The van der Waals surface area contributed by atoms with Crippen molar-refractivity contribution in [2.24, 2.45) is 0 Å². The predicted molar refractivity (Wildman–Crippen MR) is 94.0 cm³/mol. The van der Waals surface area contributed by atoms with Crippen LogP contribution in [0.3, 0.4) is 0 Å². The van der Waals surface area contributed by atoms with Crippen LogP contribution in [0.4, 0.5) is 10.6 Å². The van der Waals surface area contributed by atoms with E-state index < -0.39 is 12.1 Å². The molecule has 0 aliphatic carbocycles. The smallest absolute Gasteiger partial charge is 0.410 e. The van der Waals surface area contributed by atoms with Gasteiger partial charge in [0.1, 0.15) is 18.5 Å². The summed E-state index contributed by atoms with van der Waals surface area (Å²) in [6, 6.07) is 12.6. The van der Waals surface area contributed by atoms with E-state index in [-0.39, 0.29) is 12.5 Å². The Kier molecular flexibility index (Phi) is 5.28. The number of carbonyl (C=O) groups excluding carboxylic acids is 2. The number of hydrogen-bond donors (Lipinski definition) is 1. The molecular weight excluding hydrogens is 318 g/mol. The molecule has 1 atom stereocenters. The van der Waals surface area contributed by atoms with Gasteiger partial charge in [-0.2, -0.15) is 0 Å². The van der Waals surface area contributed by atoms with Crippen LogP contribution in [0.25, 0.3) is 0 Å². The van der Waals surface area contributed by atoms with Crippen molar-refractivity contribution >= 4 is 17.8 Å². The van der Waals surface area contributed by atoms with Crippen LogP contribution in [0, 0.1) is 6.92 Å². The largest absolute Gasteiger partial charge is 0.445 e. The van der Waals surface area contributed by atoms with E-state index in [1.54, 1.807) is 12.3 Å². The lowest BCUT2D eigenvalue weighted by Crippen LogP contribution is -2.43. The number of nitrogens with one attached hydrogen (secondary N) is 1. The summed E-state index contributed by atoms with van der Waals surface area (Å²) in [5.74, 6) is 0.266. The summed E-state index contributed by atoms with van der Waals surface area (Å²) >= 11 is 0. The molecular formula is C19H21N3O3. The maximum absolute atomic E-state index is 12.5. The Bertz CT molecular complexity index is 749. The quantitative estimate of drug-likeness (QED) is 0.929. The SMILES string of the molecule is Cc1ccnc(NC(=O)[C@@H]2CCCN2C(=O)OCc2ccccc2)c1. The van der Waals surface area contributed by atoms with Gasteiger partial charge in [0, 0.05) is 12.7 Å². The molecule has 130 valence electrons. The molecule has 1 aromatic carbocycles. The summed E-state index contributed by atoms with van der Waals surface area (Å²) in [6.45, 7) is 2.65. The van der Waals surface area contributed by atoms with Crippen LogP contribution in [-0.4, -0.2) is 34.5 Å². The van der Waals surface area contributed by atoms with Crippen LogP contribution < -0.4 is 5.32 Å². The molecule has 25 heavy (non-hydrogen) atoms. The zero-order chi connectivity index (χ0) is 17.6. The average Bonchev–Trinajstić information content (AvgIpc) is 3.10. The lowest BCUT2D eigenvalue weighted by Gasteiger charge is -2.23. The standard InChI is InChI=1S/C19H21N3O3/c1-14-9-10-20-17(12-14)21-18(23)16-8-5-11-22(16)19(24)25-13-15-6-3-2-4-7-15/h2-4,6-7,9-10,12,16H,5,8,11,13H2,1H3,(H,20,21,23)/t16-/m0/s1. The van der Waals surface area contributed by atoms with Crippen LogP contribution in [-0.2, 0) is 16.1 Å². The summed E-state index contributed by atoms with van der Waals surface area (Å²) < 4.78 is 5.35. The summed E-state index contributed by atoms with van der Waals surface area (Å²) in [5.41, 5.74) is 1.93. The summed E-state index contributed by atoms with van der Waals surface area (Å²) in [7, 11) is 0. The van der Waals surface area contributed by atoms with E-state index >= 15 is 0 Å². The van der Waals surface area contributed by atoms with Gasteiger partial charge in [0.15, 0.2) is 0 Å². The van der Waals surface area contributed by atoms with Crippen molar-refractivity contribution in [2.75, 3.05) is 11.9 Å². The van der Waals surface area contributed by atoms with Gasteiger partial charge in [-0.3, -0.25) is 9.69 Å². The molecule has 2 heterocycles. The third-order valence-electron chi connectivity index (χ3n) is 4.16. The van der Waals surface area contributed by atoms with Crippen LogP contribution in [0.1, 0.15) is 24.0 Å². The first-order valence-corrected chi connectivity index (χ1v) is 8.34. The number of amides is 2. The van der Waals surface area contributed by atoms with Gasteiger partial charge in [-0.05, 0) is 43.0 Å². The predicted octanol–water partition coefficient (Wildman–Crippen LogP) is 3.13. The fourth-order valence-electron chi connectivity index (χ4n) is 2.87. The molecule has 0 unspecified atom stereocenters. The minimum absolute atomic E-state index is 0.198. The molecule has 3 rings (SSSR count). The minimum Gasteiger partial charge on any atom is -0.445 e. The van der Waals surface area contributed by atoms with Gasteiger partial charge in [0.2, 0.25) is 5.91 Å². The molecule has 0 bridgehead atoms. The number of hydrogen-bond acceptors (Lipinski definition) is 4. The Morgan fingerprint density at radius 1 is 1.28 bits per heavy atom. The number of benzene rings is 1. The molecule has 6 nitrogen and oxygen atoms in total. The van der Waals surface area contributed by atoms with E-state index in [1.807, 2.05) is 43.3 Å². The fourth-order valence-corrected chi connectivity index (χ4v) is 2.87. The van der Waals surface area contributed by atoms with Crippen molar-refractivity contribution in [1.82, 2.24) is 9.88 Å². The Hall–Kier alpha value is -2.89. The van der Waals surface area contributed by atoms with E-state index in [0.717, 1.165) is 17.5 Å². The zero-order valence-electron chi connectivity index (χ0n) is 14.1. The van der Waals surface area contributed by atoms with Crippen molar-refractivity contribution in [2.45, 2.75) is 32.4 Å². The van der Waals surface area contributed by atoms with E-state index in [9.17, 15) is 9.59 Å². The third-order valence-corrected chi connectivity index (χ3v) is 4.16. The molecule has 6 heteroatoms. The van der Waals surface area contributed by atoms with Crippen LogP contribution >= 0.6 is 0 Å².